The highest BCUT2D eigenvalue weighted by atomic mass is 79.9. The molecule has 0 bridgehead atoms. The van der Waals surface area contributed by atoms with Crippen LogP contribution in [0.15, 0.2) is 51.7 Å². The summed E-state index contributed by atoms with van der Waals surface area (Å²) in [6.07, 6.45) is 0. The highest BCUT2D eigenvalue weighted by Crippen LogP contribution is 2.28. The minimum Gasteiger partial charge on any atom is -0.497 e. The lowest BCUT2D eigenvalue weighted by Gasteiger charge is -2.10. The van der Waals surface area contributed by atoms with Gasteiger partial charge in [-0.15, -0.1) is 0 Å². The van der Waals surface area contributed by atoms with Gasteiger partial charge in [0.05, 0.1) is 25.7 Å². The van der Waals surface area contributed by atoms with E-state index in [2.05, 4.69) is 15.9 Å². The van der Waals surface area contributed by atoms with Crippen molar-refractivity contribution in [1.29, 1.82) is 0 Å². The van der Waals surface area contributed by atoms with Crippen molar-refractivity contribution in [2.75, 3.05) is 32.3 Å². The van der Waals surface area contributed by atoms with Gasteiger partial charge < -0.3 is 18.6 Å². The molecule has 0 N–H and O–H groups in total. The van der Waals surface area contributed by atoms with Crippen molar-refractivity contribution in [2.45, 2.75) is 6.92 Å². The highest BCUT2D eigenvalue weighted by molar-refractivity contribution is 9.09. The van der Waals surface area contributed by atoms with E-state index in [-0.39, 0.29) is 5.43 Å². The number of hydrogen-bond acceptors (Lipinski definition) is 5. The monoisotopic (exact) mass is 432 g/mol. The van der Waals surface area contributed by atoms with Crippen LogP contribution < -0.4 is 14.9 Å². The maximum absolute atomic E-state index is 12.7. The summed E-state index contributed by atoms with van der Waals surface area (Å²) in [6, 6.07) is 12.7. The van der Waals surface area contributed by atoms with Crippen LogP contribution in [-0.2, 0) is 4.74 Å². The number of rotatable bonds is 8. The molecular formula is C21H21BrO5. The molecule has 0 saturated heterocycles. The zero-order valence-electron chi connectivity index (χ0n) is 15.3. The van der Waals surface area contributed by atoms with E-state index in [9.17, 15) is 4.79 Å². The maximum atomic E-state index is 12.7. The van der Waals surface area contributed by atoms with Crippen molar-refractivity contribution >= 4 is 26.9 Å². The number of ether oxygens (including phenoxy) is 3. The molecule has 0 atom stereocenters. The van der Waals surface area contributed by atoms with Crippen molar-refractivity contribution in [2.24, 2.45) is 0 Å². The van der Waals surface area contributed by atoms with E-state index >= 15 is 0 Å². The molecule has 0 aliphatic rings. The van der Waals surface area contributed by atoms with Crippen LogP contribution in [0, 0.1) is 6.92 Å². The topological polar surface area (TPSA) is 57.9 Å². The first kappa shape index (κ1) is 19.5. The second kappa shape index (κ2) is 9.06. The van der Waals surface area contributed by atoms with Gasteiger partial charge in [0.2, 0.25) is 0 Å². The molecule has 142 valence electrons. The van der Waals surface area contributed by atoms with Crippen molar-refractivity contribution in [3.8, 4) is 22.8 Å². The fourth-order valence-electron chi connectivity index (χ4n) is 2.75. The lowest BCUT2D eigenvalue weighted by Crippen LogP contribution is -2.08. The van der Waals surface area contributed by atoms with Gasteiger partial charge in [-0.25, -0.2) is 0 Å². The third kappa shape index (κ3) is 4.51. The number of alkyl halides is 1. The Morgan fingerprint density at radius 2 is 1.74 bits per heavy atom. The second-order valence-electron chi connectivity index (χ2n) is 5.92. The first-order valence-corrected chi connectivity index (χ1v) is 9.74. The zero-order chi connectivity index (χ0) is 19.2. The smallest absolute Gasteiger partial charge is 0.196 e. The maximum Gasteiger partial charge on any atom is 0.196 e. The van der Waals surface area contributed by atoms with E-state index < -0.39 is 0 Å². The van der Waals surface area contributed by atoms with Crippen LogP contribution in [0.5, 0.6) is 11.5 Å². The van der Waals surface area contributed by atoms with Crippen LogP contribution in [0.1, 0.15) is 5.56 Å². The van der Waals surface area contributed by atoms with Crippen LogP contribution in [0.25, 0.3) is 22.3 Å². The van der Waals surface area contributed by atoms with Gasteiger partial charge >= 0.3 is 0 Å². The van der Waals surface area contributed by atoms with Crippen LogP contribution in [0.4, 0.5) is 0 Å². The fourth-order valence-corrected chi connectivity index (χ4v) is 2.98. The van der Waals surface area contributed by atoms with E-state index in [1.807, 2.05) is 24.3 Å². The van der Waals surface area contributed by atoms with E-state index in [1.54, 1.807) is 32.2 Å². The van der Waals surface area contributed by atoms with Crippen molar-refractivity contribution in [1.82, 2.24) is 0 Å². The molecule has 5 nitrogen and oxygen atoms in total. The molecule has 0 aliphatic carbocycles. The molecule has 0 aliphatic heterocycles. The lowest BCUT2D eigenvalue weighted by molar-refractivity contribution is 0.112. The largest absolute Gasteiger partial charge is 0.497 e. The number of fused-ring (bicyclic) bond motifs is 1. The molecule has 0 fully saturated rings. The average Bonchev–Trinajstić information content (AvgIpc) is 2.70. The van der Waals surface area contributed by atoms with Gasteiger partial charge in [-0.2, -0.15) is 0 Å². The standard InChI is InChI=1S/C21H21BrO5/c1-14-20(23)18-8-7-17(24-2)13-19(18)27-21(14)15-3-5-16(6-4-15)26-12-11-25-10-9-22/h3-8,13H,9-12H2,1-2H3. The Morgan fingerprint density at radius 1 is 1.00 bits per heavy atom. The molecule has 3 aromatic rings. The number of halogens is 1. The predicted octanol–water partition coefficient (Wildman–Crippen LogP) is 4.57. The van der Waals surface area contributed by atoms with Crippen LogP contribution >= 0.6 is 15.9 Å². The average molecular weight is 433 g/mol. The van der Waals surface area contributed by atoms with Crippen LogP contribution in [0.3, 0.4) is 0 Å². The van der Waals surface area contributed by atoms with E-state index in [0.717, 1.165) is 16.6 Å². The number of methoxy groups -OCH3 is 1. The SMILES string of the molecule is COc1ccc2c(=O)c(C)c(-c3ccc(OCCOCCBr)cc3)oc2c1. The minimum absolute atomic E-state index is 0.0434. The first-order valence-electron chi connectivity index (χ1n) is 8.62. The first-order chi connectivity index (χ1) is 13.1. The Hall–Kier alpha value is -2.31. The zero-order valence-corrected chi connectivity index (χ0v) is 16.9. The summed E-state index contributed by atoms with van der Waals surface area (Å²) in [5.41, 5.74) is 1.85. The highest BCUT2D eigenvalue weighted by Gasteiger charge is 2.13. The van der Waals surface area contributed by atoms with Gasteiger partial charge in [-0.1, -0.05) is 15.9 Å². The summed E-state index contributed by atoms with van der Waals surface area (Å²) in [6.45, 7) is 3.45. The Labute approximate surface area is 166 Å². The fraction of sp³-hybridized carbons (Fsp3) is 0.286. The minimum atomic E-state index is -0.0434. The van der Waals surface area contributed by atoms with E-state index in [4.69, 9.17) is 18.6 Å². The van der Waals surface area contributed by atoms with Gasteiger partial charge in [0.25, 0.3) is 0 Å². The summed E-state index contributed by atoms with van der Waals surface area (Å²) < 4.78 is 22.2. The van der Waals surface area contributed by atoms with Gasteiger partial charge in [0, 0.05) is 22.5 Å². The Bertz CT molecular complexity index is 963. The molecule has 27 heavy (non-hydrogen) atoms. The molecule has 0 saturated carbocycles. The van der Waals surface area contributed by atoms with Crippen LogP contribution in [0.2, 0.25) is 0 Å². The Kier molecular flexibility index (Phi) is 6.53. The van der Waals surface area contributed by atoms with E-state index in [0.29, 0.717) is 47.9 Å². The molecule has 1 aromatic heterocycles. The Morgan fingerprint density at radius 3 is 2.44 bits per heavy atom. The molecular weight excluding hydrogens is 412 g/mol. The summed E-state index contributed by atoms with van der Waals surface area (Å²) in [5, 5.41) is 1.35. The van der Waals surface area contributed by atoms with Gasteiger partial charge in [-0.3, -0.25) is 4.79 Å². The van der Waals surface area contributed by atoms with Crippen molar-refractivity contribution in [3.05, 3.63) is 58.3 Å². The predicted molar refractivity (Wildman–Crippen MR) is 109 cm³/mol. The molecule has 6 heteroatoms. The van der Waals surface area contributed by atoms with Crippen molar-refractivity contribution in [3.63, 3.8) is 0 Å². The van der Waals surface area contributed by atoms with Crippen molar-refractivity contribution < 1.29 is 18.6 Å². The molecule has 0 spiro atoms. The van der Waals surface area contributed by atoms with Gasteiger partial charge in [-0.05, 0) is 43.3 Å². The number of hydrogen-bond donors (Lipinski definition) is 0. The summed E-state index contributed by atoms with van der Waals surface area (Å²) in [5.74, 6) is 1.93. The number of benzene rings is 2. The lowest BCUT2D eigenvalue weighted by atomic mass is 10.1. The summed E-state index contributed by atoms with van der Waals surface area (Å²) >= 11 is 3.31. The van der Waals surface area contributed by atoms with Gasteiger partial charge in [0.15, 0.2) is 5.43 Å². The molecule has 0 radical (unpaired) electrons. The normalized spacial score (nSPS) is 10.9. The molecule has 0 amide bonds. The van der Waals surface area contributed by atoms with Crippen LogP contribution in [-0.4, -0.2) is 32.3 Å². The molecule has 0 unspecified atom stereocenters. The van der Waals surface area contributed by atoms with E-state index in [1.165, 1.54) is 0 Å². The summed E-state index contributed by atoms with van der Waals surface area (Å²) in [4.78, 5) is 12.7. The molecule has 2 aromatic carbocycles. The molecule has 3 rings (SSSR count). The molecule has 1 heterocycles. The van der Waals surface area contributed by atoms with Gasteiger partial charge in [0.1, 0.15) is 29.4 Å². The third-order valence-corrected chi connectivity index (χ3v) is 4.48. The Balaban J connectivity index is 1.84. The third-order valence-electron chi connectivity index (χ3n) is 4.16. The summed E-state index contributed by atoms with van der Waals surface area (Å²) in [7, 11) is 1.58. The second-order valence-corrected chi connectivity index (χ2v) is 6.71. The quantitative estimate of drug-likeness (QED) is 0.385.